The molecule has 5 nitrogen and oxygen atoms in total. The third kappa shape index (κ3) is 3.15. The molecular formula is C20H20BrN3O2. The molecule has 26 heavy (non-hydrogen) atoms. The van der Waals surface area contributed by atoms with E-state index in [1.54, 1.807) is 0 Å². The molecule has 0 spiro atoms. The number of oxazole rings is 1. The first kappa shape index (κ1) is 17.2. The number of nitrogens with zero attached hydrogens (tertiary/aromatic N) is 2. The Morgan fingerprint density at radius 3 is 2.81 bits per heavy atom. The second kappa shape index (κ2) is 6.85. The van der Waals surface area contributed by atoms with Crippen LogP contribution in [0.4, 0.5) is 0 Å². The summed E-state index contributed by atoms with van der Waals surface area (Å²) >= 11 is 3.54. The van der Waals surface area contributed by atoms with Crippen molar-refractivity contribution in [1.82, 2.24) is 9.88 Å². The van der Waals surface area contributed by atoms with Crippen molar-refractivity contribution in [2.45, 2.75) is 26.3 Å². The van der Waals surface area contributed by atoms with Crippen molar-refractivity contribution in [2.24, 2.45) is 5.73 Å². The Balaban J connectivity index is 1.82. The fourth-order valence-electron chi connectivity index (χ4n) is 3.52. The van der Waals surface area contributed by atoms with Gasteiger partial charge in [-0.25, -0.2) is 4.98 Å². The summed E-state index contributed by atoms with van der Waals surface area (Å²) in [5, 5.41) is 0. The molecule has 0 aliphatic carbocycles. The Labute approximate surface area is 160 Å². The van der Waals surface area contributed by atoms with E-state index in [0.29, 0.717) is 22.6 Å². The van der Waals surface area contributed by atoms with Gasteiger partial charge in [-0.2, -0.15) is 0 Å². The van der Waals surface area contributed by atoms with Crippen LogP contribution < -0.4 is 5.73 Å². The van der Waals surface area contributed by atoms with E-state index in [2.05, 4.69) is 25.8 Å². The number of rotatable bonds is 4. The minimum absolute atomic E-state index is 0.392. The number of nitrogens with two attached hydrogens (primary N) is 1. The summed E-state index contributed by atoms with van der Waals surface area (Å²) in [7, 11) is 0. The number of likely N-dealkylation sites (tertiary alicyclic amines) is 1. The Hall–Kier alpha value is -2.18. The van der Waals surface area contributed by atoms with Gasteiger partial charge in [-0.15, -0.1) is 0 Å². The highest BCUT2D eigenvalue weighted by atomic mass is 79.9. The molecule has 4 rings (SSSR count). The van der Waals surface area contributed by atoms with Gasteiger partial charge in [-0.3, -0.25) is 9.69 Å². The lowest BCUT2D eigenvalue weighted by atomic mass is 10.1. The normalized spacial score (nSPS) is 15.0. The molecule has 0 radical (unpaired) electrons. The van der Waals surface area contributed by atoms with Gasteiger partial charge in [0, 0.05) is 16.6 Å². The number of carbonyl (C=O) groups is 1. The zero-order chi connectivity index (χ0) is 18.3. The summed E-state index contributed by atoms with van der Waals surface area (Å²) in [6.45, 7) is 4.98. The number of fused-ring (bicyclic) bond motifs is 1. The van der Waals surface area contributed by atoms with Crippen molar-refractivity contribution in [2.75, 3.05) is 13.1 Å². The van der Waals surface area contributed by atoms with Crippen LogP contribution in [0.2, 0.25) is 0 Å². The van der Waals surface area contributed by atoms with E-state index in [1.165, 1.54) is 12.8 Å². The molecule has 2 aromatic carbocycles. The minimum Gasteiger partial charge on any atom is -0.435 e. The zero-order valence-electron chi connectivity index (χ0n) is 14.6. The number of amides is 1. The SMILES string of the molecule is Cc1c(Br)cccc1-c1nc2cc(CN3CCCC3)cc(C(N)=O)c2o1. The average molecular weight is 414 g/mol. The number of carbonyl (C=O) groups excluding carboxylic acids is 1. The van der Waals surface area contributed by atoms with E-state index < -0.39 is 5.91 Å². The molecule has 2 N–H and O–H groups in total. The third-order valence-corrected chi connectivity index (χ3v) is 5.78. The molecule has 6 heteroatoms. The Bertz CT molecular complexity index is 990. The van der Waals surface area contributed by atoms with Gasteiger partial charge in [0.2, 0.25) is 5.89 Å². The van der Waals surface area contributed by atoms with Gasteiger partial charge in [0.05, 0.1) is 5.56 Å². The van der Waals surface area contributed by atoms with Crippen LogP contribution in [0.15, 0.2) is 39.2 Å². The molecule has 3 aromatic rings. The third-order valence-electron chi connectivity index (χ3n) is 4.92. The first-order chi connectivity index (χ1) is 12.5. The van der Waals surface area contributed by atoms with E-state index in [0.717, 1.165) is 40.8 Å². The van der Waals surface area contributed by atoms with Crippen molar-refractivity contribution in [3.8, 4) is 11.5 Å². The predicted molar refractivity (Wildman–Crippen MR) is 105 cm³/mol. The van der Waals surface area contributed by atoms with Crippen LogP contribution >= 0.6 is 15.9 Å². The summed E-state index contributed by atoms with van der Waals surface area (Å²) in [6.07, 6.45) is 2.45. The zero-order valence-corrected chi connectivity index (χ0v) is 16.2. The summed E-state index contributed by atoms with van der Waals surface area (Å²) in [6, 6.07) is 9.71. The predicted octanol–water partition coefficient (Wildman–Crippen LogP) is 4.26. The van der Waals surface area contributed by atoms with Crippen LogP contribution in [-0.2, 0) is 6.54 Å². The number of benzene rings is 2. The van der Waals surface area contributed by atoms with Crippen LogP contribution in [0.5, 0.6) is 0 Å². The standard InChI is InChI=1S/C20H20BrN3O2/c1-12-14(5-4-6-16(12)21)20-23-17-10-13(11-24-7-2-3-8-24)9-15(19(22)25)18(17)26-20/h4-6,9-10H,2-3,7-8,11H2,1H3,(H2,22,25). The number of hydrogen-bond donors (Lipinski definition) is 1. The molecule has 1 aromatic heterocycles. The van der Waals surface area contributed by atoms with Crippen LogP contribution in [0.3, 0.4) is 0 Å². The molecule has 0 unspecified atom stereocenters. The average Bonchev–Trinajstić information content (AvgIpc) is 3.26. The molecule has 2 heterocycles. The van der Waals surface area contributed by atoms with Gasteiger partial charge >= 0.3 is 0 Å². The molecular weight excluding hydrogens is 394 g/mol. The van der Waals surface area contributed by atoms with Gasteiger partial charge in [0.15, 0.2) is 5.58 Å². The highest BCUT2D eigenvalue weighted by Gasteiger charge is 2.19. The maximum Gasteiger partial charge on any atom is 0.252 e. The fraction of sp³-hybridized carbons (Fsp3) is 0.300. The first-order valence-corrected chi connectivity index (χ1v) is 9.53. The number of aromatic nitrogens is 1. The molecule has 1 aliphatic rings. The van der Waals surface area contributed by atoms with Crippen molar-refractivity contribution in [1.29, 1.82) is 0 Å². The minimum atomic E-state index is -0.494. The molecule has 0 bridgehead atoms. The van der Waals surface area contributed by atoms with E-state index in [4.69, 9.17) is 10.2 Å². The lowest BCUT2D eigenvalue weighted by molar-refractivity contribution is 0.100. The molecule has 0 atom stereocenters. The lowest BCUT2D eigenvalue weighted by Crippen LogP contribution is -2.19. The number of primary amides is 1. The molecule has 1 saturated heterocycles. The van der Waals surface area contributed by atoms with Crippen LogP contribution in [0, 0.1) is 6.92 Å². The van der Waals surface area contributed by atoms with Crippen LogP contribution in [-0.4, -0.2) is 28.9 Å². The maximum atomic E-state index is 12.0. The summed E-state index contributed by atoms with van der Waals surface area (Å²) in [5.41, 5.74) is 10.1. The first-order valence-electron chi connectivity index (χ1n) is 8.74. The monoisotopic (exact) mass is 413 g/mol. The quantitative estimate of drug-likeness (QED) is 0.693. The second-order valence-corrected chi connectivity index (χ2v) is 7.62. The molecule has 1 fully saturated rings. The van der Waals surface area contributed by atoms with Crippen molar-refractivity contribution < 1.29 is 9.21 Å². The lowest BCUT2D eigenvalue weighted by Gasteiger charge is -2.14. The van der Waals surface area contributed by atoms with Crippen molar-refractivity contribution >= 4 is 32.9 Å². The van der Waals surface area contributed by atoms with Crippen molar-refractivity contribution in [3.63, 3.8) is 0 Å². The Morgan fingerprint density at radius 2 is 2.08 bits per heavy atom. The fourth-order valence-corrected chi connectivity index (χ4v) is 3.88. The molecule has 0 saturated carbocycles. The second-order valence-electron chi connectivity index (χ2n) is 6.77. The number of halogens is 1. The van der Waals surface area contributed by atoms with Crippen LogP contribution in [0.1, 0.15) is 34.3 Å². The van der Waals surface area contributed by atoms with Gasteiger partial charge in [0.25, 0.3) is 5.91 Å². The van der Waals surface area contributed by atoms with Gasteiger partial charge in [-0.1, -0.05) is 22.0 Å². The Kier molecular flexibility index (Phi) is 4.54. The molecule has 1 aliphatic heterocycles. The highest BCUT2D eigenvalue weighted by molar-refractivity contribution is 9.10. The van der Waals surface area contributed by atoms with E-state index in [-0.39, 0.29) is 0 Å². The van der Waals surface area contributed by atoms with E-state index >= 15 is 0 Å². The maximum absolute atomic E-state index is 12.0. The number of hydrogen-bond acceptors (Lipinski definition) is 4. The van der Waals surface area contributed by atoms with Gasteiger partial charge in [0.1, 0.15) is 5.52 Å². The Morgan fingerprint density at radius 1 is 1.31 bits per heavy atom. The van der Waals surface area contributed by atoms with E-state index in [9.17, 15) is 4.79 Å². The largest absolute Gasteiger partial charge is 0.435 e. The van der Waals surface area contributed by atoms with Gasteiger partial charge in [-0.05, 0) is 68.2 Å². The summed E-state index contributed by atoms with van der Waals surface area (Å²) < 4.78 is 6.95. The molecule has 134 valence electrons. The highest BCUT2D eigenvalue weighted by Crippen LogP contribution is 2.32. The summed E-state index contributed by atoms with van der Waals surface area (Å²) in [4.78, 5) is 19.0. The smallest absolute Gasteiger partial charge is 0.252 e. The molecule has 1 amide bonds. The van der Waals surface area contributed by atoms with Crippen LogP contribution in [0.25, 0.3) is 22.6 Å². The summed E-state index contributed by atoms with van der Waals surface area (Å²) in [5.74, 6) is 0.00607. The van der Waals surface area contributed by atoms with Gasteiger partial charge < -0.3 is 10.2 Å². The topological polar surface area (TPSA) is 72.4 Å². The van der Waals surface area contributed by atoms with Crippen molar-refractivity contribution in [3.05, 3.63) is 51.5 Å². The van der Waals surface area contributed by atoms with E-state index in [1.807, 2.05) is 37.3 Å².